The maximum atomic E-state index is 2.45. The van der Waals surface area contributed by atoms with Crippen molar-refractivity contribution < 1.29 is 4.48 Å². The molecule has 76 valence electrons. The molecule has 3 saturated heterocycles. The molecule has 0 spiro atoms. The maximum Gasteiger partial charge on any atom is 0.0865 e. The van der Waals surface area contributed by atoms with Gasteiger partial charge in [0.05, 0.1) is 26.2 Å². The predicted molar refractivity (Wildman–Crippen MR) is 56.5 cm³/mol. The summed E-state index contributed by atoms with van der Waals surface area (Å²) in [4.78, 5) is 0. The molecule has 3 aliphatic rings. The maximum absolute atomic E-state index is 2.45. The first kappa shape index (κ1) is 9.51. The summed E-state index contributed by atoms with van der Waals surface area (Å²) in [6.45, 7) is 10.2. The van der Waals surface area contributed by atoms with Crippen LogP contribution >= 0.6 is 0 Å². The van der Waals surface area contributed by atoms with Gasteiger partial charge in [0.1, 0.15) is 0 Å². The van der Waals surface area contributed by atoms with Crippen LogP contribution in [0.4, 0.5) is 0 Å². The normalized spacial score (nSPS) is 50.1. The topological polar surface area (TPSA) is 0 Å². The summed E-state index contributed by atoms with van der Waals surface area (Å²) in [6, 6.07) is 0.907. The quantitative estimate of drug-likeness (QED) is 0.547. The molecule has 0 aliphatic carbocycles. The number of hydrogen-bond donors (Lipinski definition) is 0. The Bertz CT molecular complexity index is 199. The second kappa shape index (κ2) is 2.73. The van der Waals surface area contributed by atoms with Crippen molar-refractivity contribution in [1.82, 2.24) is 0 Å². The number of hydrogen-bond acceptors (Lipinski definition) is 0. The van der Waals surface area contributed by atoms with Gasteiger partial charge < -0.3 is 4.48 Å². The van der Waals surface area contributed by atoms with E-state index in [0.717, 1.165) is 17.4 Å². The molecule has 13 heavy (non-hydrogen) atoms. The highest BCUT2D eigenvalue weighted by Crippen LogP contribution is 2.50. The van der Waals surface area contributed by atoms with E-state index in [9.17, 15) is 0 Å². The molecule has 3 aliphatic heterocycles. The SMILES string of the molecule is CC(C)C12CC[N+](C)(CC1)C(C)C2. The molecule has 3 fully saturated rings. The largest absolute Gasteiger partial charge is 0.324 e. The third-order valence-corrected chi connectivity index (χ3v) is 5.23. The summed E-state index contributed by atoms with van der Waals surface area (Å²) in [5.41, 5.74) is 0.718. The Balaban J connectivity index is 2.21. The van der Waals surface area contributed by atoms with Gasteiger partial charge in [0, 0.05) is 19.3 Å². The standard InChI is InChI=1S/C12H24N/c1-10(2)12-5-7-13(4,8-6-12)11(3)9-12/h10-11H,5-9H2,1-4H3/q+1. The van der Waals surface area contributed by atoms with E-state index in [1.807, 2.05) is 0 Å². The lowest BCUT2D eigenvalue weighted by Crippen LogP contribution is -2.64. The molecule has 3 heterocycles. The van der Waals surface area contributed by atoms with E-state index in [0.29, 0.717) is 0 Å². The second-order valence-electron chi connectivity index (χ2n) is 6.00. The zero-order valence-electron chi connectivity index (χ0n) is 9.64. The first-order valence-electron chi connectivity index (χ1n) is 5.83. The number of quaternary nitrogens is 1. The van der Waals surface area contributed by atoms with Crippen LogP contribution in [0.15, 0.2) is 0 Å². The number of fused-ring (bicyclic) bond motifs is 3. The zero-order valence-corrected chi connectivity index (χ0v) is 9.64. The molecule has 1 heteroatoms. The minimum atomic E-state index is 0.718. The molecule has 0 amide bonds. The average Bonchev–Trinajstić information content (AvgIpc) is 2.08. The number of nitrogens with zero attached hydrogens (tertiary/aromatic N) is 1. The lowest BCUT2D eigenvalue weighted by atomic mass is 9.62. The minimum Gasteiger partial charge on any atom is -0.324 e. The molecule has 0 N–H and O–H groups in total. The monoisotopic (exact) mass is 182 g/mol. The van der Waals surface area contributed by atoms with Gasteiger partial charge in [-0.05, 0) is 18.3 Å². The summed E-state index contributed by atoms with van der Waals surface area (Å²) < 4.78 is 1.36. The molecule has 1 nitrogen and oxygen atoms in total. The molecule has 0 aromatic rings. The summed E-state index contributed by atoms with van der Waals surface area (Å²) in [5.74, 6) is 0.893. The third-order valence-electron chi connectivity index (χ3n) is 5.23. The van der Waals surface area contributed by atoms with E-state index in [1.165, 1.54) is 36.8 Å². The van der Waals surface area contributed by atoms with E-state index < -0.39 is 0 Å². The van der Waals surface area contributed by atoms with Gasteiger partial charge in [-0.2, -0.15) is 0 Å². The highest BCUT2D eigenvalue weighted by molar-refractivity contribution is 4.91. The van der Waals surface area contributed by atoms with E-state index in [-0.39, 0.29) is 0 Å². The van der Waals surface area contributed by atoms with Crippen molar-refractivity contribution >= 4 is 0 Å². The Morgan fingerprint density at radius 1 is 1.23 bits per heavy atom. The second-order valence-corrected chi connectivity index (χ2v) is 6.00. The van der Waals surface area contributed by atoms with Gasteiger partial charge in [-0.25, -0.2) is 0 Å². The third kappa shape index (κ3) is 1.24. The van der Waals surface area contributed by atoms with Crippen LogP contribution in [0.1, 0.15) is 40.0 Å². The fraction of sp³-hybridized carbons (Fsp3) is 1.00. The summed E-state index contributed by atoms with van der Waals surface area (Å²) >= 11 is 0. The lowest BCUT2D eigenvalue weighted by molar-refractivity contribution is -0.950. The Labute approximate surface area is 82.7 Å². The van der Waals surface area contributed by atoms with Crippen molar-refractivity contribution in [3.05, 3.63) is 0 Å². The Hall–Kier alpha value is -0.0400. The fourth-order valence-electron chi connectivity index (χ4n) is 3.46. The highest BCUT2D eigenvalue weighted by atomic mass is 15.4. The van der Waals surface area contributed by atoms with Crippen LogP contribution in [-0.2, 0) is 0 Å². The molecule has 0 aromatic heterocycles. The van der Waals surface area contributed by atoms with Crippen LogP contribution in [0.5, 0.6) is 0 Å². The van der Waals surface area contributed by atoms with E-state index in [4.69, 9.17) is 0 Å². The van der Waals surface area contributed by atoms with Crippen molar-refractivity contribution in [3.8, 4) is 0 Å². The van der Waals surface area contributed by atoms with Gasteiger partial charge in [-0.3, -0.25) is 0 Å². The van der Waals surface area contributed by atoms with Gasteiger partial charge in [-0.1, -0.05) is 13.8 Å². The van der Waals surface area contributed by atoms with Crippen molar-refractivity contribution in [2.24, 2.45) is 11.3 Å². The van der Waals surface area contributed by atoms with Crippen molar-refractivity contribution in [2.45, 2.75) is 46.1 Å². The molecule has 1 unspecified atom stereocenters. The Morgan fingerprint density at radius 3 is 2.15 bits per heavy atom. The minimum absolute atomic E-state index is 0.718. The molecule has 2 bridgehead atoms. The van der Waals surface area contributed by atoms with Crippen molar-refractivity contribution in [1.29, 1.82) is 0 Å². The van der Waals surface area contributed by atoms with Gasteiger partial charge in [0.15, 0.2) is 0 Å². The van der Waals surface area contributed by atoms with Crippen molar-refractivity contribution in [3.63, 3.8) is 0 Å². The predicted octanol–water partition coefficient (Wildman–Crippen LogP) is 2.66. The number of piperidine rings is 3. The van der Waals surface area contributed by atoms with Crippen LogP contribution in [0, 0.1) is 11.3 Å². The first-order valence-corrected chi connectivity index (χ1v) is 5.83. The number of rotatable bonds is 1. The van der Waals surface area contributed by atoms with Gasteiger partial charge in [0.25, 0.3) is 0 Å². The molecular weight excluding hydrogens is 158 g/mol. The van der Waals surface area contributed by atoms with Gasteiger partial charge >= 0.3 is 0 Å². The Kier molecular flexibility index (Phi) is 1.99. The van der Waals surface area contributed by atoms with Crippen LogP contribution in [0.3, 0.4) is 0 Å². The first-order chi connectivity index (χ1) is 5.99. The molecular formula is C12H24N+. The summed E-state index contributed by atoms with van der Waals surface area (Å²) in [5, 5.41) is 0. The van der Waals surface area contributed by atoms with E-state index in [2.05, 4.69) is 27.8 Å². The zero-order chi connectivity index (χ0) is 9.69. The summed E-state index contributed by atoms with van der Waals surface area (Å²) in [6.07, 6.45) is 4.43. The van der Waals surface area contributed by atoms with Crippen LogP contribution in [-0.4, -0.2) is 30.7 Å². The van der Waals surface area contributed by atoms with Crippen LogP contribution in [0.25, 0.3) is 0 Å². The molecule has 0 radical (unpaired) electrons. The Morgan fingerprint density at radius 2 is 1.77 bits per heavy atom. The van der Waals surface area contributed by atoms with Gasteiger partial charge in [0.2, 0.25) is 0 Å². The van der Waals surface area contributed by atoms with Gasteiger partial charge in [-0.15, -0.1) is 0 Å². The van der Waals surface area contributed by atoms with Crippen molar-refractivity contribution in [2.75, 3.05) is 20.1 Å². The molecule has 0 saturated carbocycles. The smallest absolute Gasteiger partial charge is 0.0865 e. The summed E-state index contributed by atoms with van der Waals surface area (Å²) in [7, 11) is 2.45. The molecule has 3 rings (SSSR count). The van der Waals surface area contributed by atoms with E-state index in [1.54, 1.807) is 0 Å². The molecule has 1 atom stereocenters. The highest BCUT2D eigenvalue weighted by Gasteiger charge is 2.51. The molecule has 0 aromatic carbocycles. The van der Waals surface area contributed by atoms with E-state index >= 15 is 0 Å². The lowest BCUT2D eigenvalue weighted by Gasteiger charge is -2.58. The average molecular weight is 182 g/mol. The fourth-order valence-corrected chi connectivity index (χ4v) is 3.46. The van der Waals surface area contributed by atoms with Crippen LogP contribution < -0.4 is 0 Å². The van der Waals surface area contributed by atoms with Crippen LogP contribution in [0.2, 0.25) is 0 Å².